The molecule has 0 radical (unpaired) electrons. The van der Waals surface area contributed by atoms with Crippen LogP contribution in [0.15, 0.2) is 0 Å². The zero-order valence-electron chi connectivity index (χ0n) is 8.81. The summed E-state index contributed by atoms with van der Waals surface area (Å²) in [5.74, 6) is 2.10. The number of hydrogen-bond acceptors (Lipinski definition) is 0. The van der Waals surface area contributed by atoms with Gasteiger partial charge in [-0.2, -0.15) is 0 Å². The van der Waals surface area contributed by atoms with Crippen LogP contribution in [0.3, 0.4) is 0 Å². The van der Waals surface area contributed by atoms with Crippen LogP contribution in [0.5, 0.6) is 0 Å². The second kappa shape index (κ2) is 5.61. The van der Waals surface area contributed by atoms with Crippen molar-refractivity contribution in [1.82, 2.24) is 0 Å². The zero-order valence-corrected chi connectivity index (χ0v) is 8.81. The standard InChI is InChI=1S/C12H24/c1-3-4-5-9-12-10-7-6-8-11(12)2/h11-12H,3-10H2,1-2H3. The van der Waals surface area contributed by atoms with Crippen LogP contribution < -0.4 is 0 Å². The van der Waals surface area contributed by atoms with Crippen LogP contribution in [0.4, 0.5) is 0 Å². The van der Waals surface area contributed by atoms with Crippen molar-refractivity contribution in [1.29, 1.82) is 0 Å². The number of rotatable bonds is 4. The van der Waals surface area contributed by atoms with Gasteiger partial charge in [-0.3, -0.25) is 0 Å². The van der Waals surface area contributed by atoms with Gasteiger partial charge in [-0.15, -0.1) is 0 Å². The van der Waals surface area contributed by atoms with E-state index in [4.69, 9.17) is 0 Å². The van der Waals surface area contributed by atoms with E-state index in [1.165, 1.54) is 51.4 Å². The molecule has 0 heterocycles. The van der Waals surface area contributed by atoms with Crippen molar-refractivity contribution in [2.75, 3.05) is 0 Å². The molecule has 0 nitrogen and oxygen atoms in total. The van der Waals surface area contributed by atoms with E-state index in [1.54, 1.807) is 0 Å². The second-order valence-electron chi connectivity index (χ2n) is 4.52. The molecule has 0 aromatic carbocycles. The van der Waals surface area contributed by atoms with Crippen LogP contribution in [0, 0.1) is 11.8 Å². The number of unbranched alkanes of at least 4 members (excludes halogenated alkanes) is 2. The highest BCUT2D eigenvalue weighted by molar-refractivity contribution is 4.71. The molecule has 0 saturated heterocycles. The van der Waals surface area contributed by atoms with Gasteiger partial charge in [0.25, 0.3) is 0 Å². The molecule has 2 unspecified atom stereocenters. The first kappa shape index (κ1) is 10.1. The minimum absolute atomic E-state index is 1.02. The first-order valence-corrected chi connectivity index (χ1v) is 5.84. The maximum Gasteiger partial charge on any atom is -0.0388 e. The Morgan fingerprint density at radius 1 is 1.08 bits per heavy atom. The Labute approximate surface area is 77.7 Å². The SMILES string of the molecule is CCCCCC1CCCCC1C. The molecular formula is C12H24. The third kappa shape index (κ3) is 3.16. The van der Waals surface area contributed by atoms with Crippen molar-refractivity contribution in [3.05, 3.63) is 0 Å². The van der Waals surface area contributed by atoms with E-state index in [9.17, 15) is 0 Å². The van der Waals surface area contributed by atoms with Gasteiger partial charge in [-0.1, -0.05) is 65.2 Å². The summed E-state index contributed by atoms with van der Waals surface area (Å²) in [6.45, 7) is 4.75. The lowest BCUT2D eigenvalue weighted by Gasteiger charge is -2.28. The zero-order chi connectivity index (χ0) is 8.81. The summed E-state index contributed by atoms with van der Waals surface area (Å²) in [6.07, 6.45) is 11.8. The van der Waals surface area contributed by atoms with E-state index in [2.05, 4.69) is 13.8 Å². The van der Waals surface area contributed by atoms with Crippen molar-refractivity contribution in [3.8, 4) is 0 Å². The Bertz CT molecular complexity index is 107. The summed E-state index contributed by atoms with van der Waals surface area (Å²) >= 11 is 0. The van der Waals surface area contributed by atoms with Gasteiger partial charge in [0.15, 0.2) is 0 Å². The molecule has 1 fully saturated rings. The third-order valence-corrected chi connectivity index (χ3v) is 3.47. The Hall–Kier alpha value is 0. The average Bonchev–Trinajstić information content (AvgIpc) is 2.09. The molecule has 12 heavy (non-hydrogen) atoms. The first-order chi connectivity index (χ1) is 5.84. The summed E-state index contributed by atoms with van der Waals surface area (Å²) in [5, 5.41) is 0. The van der Waals surface area contributed by atoms with Crippen LogP contribution in [-0.4, -0.2) is 0 Å². The summed E-state index contributed by atoms with van der Waals surface area (Å²) in [6, 6.07) is 0. The largest absolute Gasteiger partial charge is 0.0654 e. The third-order valence-electron chi connectivity index (χ3n) is 3.47. The van der Waals surface area contributed by atoms with Crippen LogP contribution in [-0.2, 0) is 0 Å². The van der Waals surface area contributed by atoms with Gasteiger partial charge in [-0.05, 0) is 11.8 Å². The maximum absolute atomic E-state index is 2.45. The van der Waals surface area contributed by atoms with E-state index < -0.39 is 0 Å². The van der Waals surface area contributed by atoms with Crippen molar-refractivity contribution in [3.63, 3.8) is 0 Å². The minimum Gasteiger partial charge on any atom is -0.0654 e. The molecule has 1 saturated carbocycles. The Kier molecular flexibility index (Phi) is 4.72. The average molecular weight is 168 g/mol. The molecule has 72 valence electrons. The lowest BCUT2D eigenvalue weighted by molar-refractivity contribution is 0.236. The predicted molar refractivity (Wildman–Crippen MR) is 55.3 cm³/mol. The van der Waals surface area contributed by atoms with Gasteiger partial charge in [0, 0.05) is 0 Å². The van der Waals surface area contributed by atoms with Crippen LogP contribution in [0.2, 0.25) is 0 Å². The number of hydrogen-bond donors (Lipinski definition) is 0. The van der Waals surface area contributed by atoms with Gasteiger partial charge >= 0.3 is 0 Å². The summed E-state index contributed by atoms with van der Waals surface area (Å²) < 4.78 is 0. The van der Waals surface area contributed by atoms with Gasteiger partial charge < -0.3 is 0 Å². The van der Waals surface area contributed by atoms with E-state index in [-0.39, 0.29) is 0 Å². The molecule has 0 bridgehead atoms. The molecule has 1 rings (SSSR count). The molecule has 0 amide bonds. The maximum atomic E-state index is 2.45. The minimum atomic E-state index is 1.02. The molecular weight excluding hydrogens is 144 g/mol. The van der Waals surface area contributed by atoms with Crippen molar-refractivity contribution in [2.45, 2.75) is 65.2 Å². The van der Waals surface area contributed by atoms with Gasteiger partial charge in [0.1, 0.15) is 0 Å². The Balaban J connectivity index is 2.11. The molecule has 0 spiro atoms. The van der Waals surface area contributed by atoms with E-state index in [0.717, 1.165) is 11.8 Å². The molecule has 0 N–H and O–H groups in total. The van der Waals surface area contributed by atoms with Gasteiger partial charge in [0.2, 0.25) is 0 Å². The fourth-order valence-corrected chi connectivity index (χ4v) is 2.48. The second-order valence-corrected chi connectivity index (χ2v) is 4.52. The van der Waals surface area contributed by atoms with Crippen molar-refractivity contribution < 1.29 is 0 Å². The Morgan fingerprint density at radius 2 is 1.83 bits per heavy atom. The van der Waals surface area contributed by atoms with E-state index in [0.29, 0.717) is 0 Å². The quantitative estimate of drug-likeness (QED) is 0.546. The predicted octanol–water partition coefficient (Wildman–Crippen LogP) is 4.39. The van der Waals surface area contributed by atoms with Crippen LogP contribution >= 0.6 is 0 Å². The lowest BCUT2D eigenvalue weighted by Crippen LogP contribution is -2.16. The van der Waals surface area contributed by atoms with Crippen molar-refractivity contribution >= 4 is 0 Å². The monoisotopic (exact) mass is 168 g/mol. The molecule has 2 atom stereocenters. The molecule has 0 aromatic rings. The molecule has 1 aliphatic rings. The molecule has 0 heteroatoms. The highest BCUT2D eigenvalue weighted by atomic mass is 14.3. The van der Waals surface area contributed by atoms with Crippen molar-refractivity contribution in [2.24, 2.45) is 11.8 Å². The Morgan fingerprint density at radius 3 is 2.50 bits per heavy atom. The highest BCUT2D eigenvalue weighted by Crippen LogP contribution is 2.32. The first-order valence-electron chi connectivity index (χ1n) is 5.84. The lowest BCUT2D eigenvalue weighted by atomic mass is 9.78. The normalized spacial score (nSPS) is 30.5. The van der Waals surface area contributed by atoms with Crippen LogP contribution in [0.25, 0.3) is 0 Å². The van der Waals surface area contributed by atoms with Gasteiger partial charge in [0.05, 0.1) is 0 Å². The van der Waals surface area contributed by atoms with E-state index >= 15 is 0 Å². The topological polar surface area (TPSA) is 0 Å². The van der Waals surface area contributed by atoms with Gasteiger partial charge in [-0.25, -0.2) is 0 Å². The summed E-state index contributed by atoms with van der Waals surface area (Å²) in [7, 11) is 0. The van der Waals surface area contributed by atoms with Crippen LogP contribution in [0.1, 0.15) is 65.2 Å². The summed E-state index contributed by atoms with van der Waals surface area (Å²) in [4.78, 5) is 0. The summed E-state index contributed by atoms with van der Waals surface area (Å²) in [5.41, 5.74) is 0. The smallest absolute Gasteiger partial charge is 0.0388 e. The molecule has 1 aliphatic carbocycles. The molecule has 0 aromatic heterocycles. The fraction of sp³-hybridized carbons (Fsp3) is 1.00. The fourth-order valence-electron chi connectivity index (χ4n) is 2.48. The molecule has 0 aliphatic heterocycles. The highest BCUT2D eigenvalue weighted by Gasteiger charge is 2.19. The van der Waals surface area contributed by atoms with E-state index in [1.807, 2.05) is 0 Å².